The summed E-state index contributed by atoms with van der Waals surface area (Å²) in [6.07, 6.45) is 9.49. The van der Waals surface area contributed by atoms with Crippen LogP contribution in [0, 0.1) is 13.8 Å². The molecule has 2 nitrogen and oxygen atoms in total. The number of aryl methyl sites for hydroxylation is 2. The molecule has 0 spiro atoms. The number of fused-ring (bicyclic) bond motifs is 10. The van der Waals surface area contributed by atoms with E-state index in [2.05, 4.69) is 237 Å². The quantitative estimate of drug-likeness (QED) is 0.163. The van der Waals surface area contributed by atoms with Crippen molar-refractivity contribution in [1.29, 1.82) is 0 Å². The maximum atomic E-state index is 2.81. The lowest BCUT2D eigenvalue weighted by molar-refractivity contribution is 0.332. The van der Waals surface area contributed by atoms with Gasteiger partial charge in [-0.25, -0.2) is 0 Å². The molecule has 0 unspecified atom stereocenters. The lowest BCUT2D eigenvalue weighted by Crippen LogP contribution is -2.61. The van der Waals surface area contributed by atoms with Crippen LogP contribution in [-0.4, -0.2) is 6.71 Å². The van der Waals surface area contributed by atoms with Crippen molar-refractivity contribution in [3.63, 3.8) is 0 Å². The van der Waals surface area contributed by atoms with Gasteiger partial charge in [0.1, 0.15) is 0 Å². The largest absolute Gasteiger partial charge is 0.311 e. The second kappa shape index (κ2) is 15.8. The molecule has 0 bridgehead atoms. The van der Waals surface area contributed by atoms with Crippen molar-refractivity contribution in [3.8, 4) is 11.1 Å². The molecule has 7 aromatic rings. The number of hydrogen-bond donors (Lipinski definition) is 0. The summed E-state index contributed by atoms with van der Waals surface area (Å²) in [7, 11) is 0. The van der Waals surface area contributed by atoms with Crippen molar-refractivity contribution in [3.05, 3.63) is 147 Å². The van der Waals surface area contributed by atoms with E-state index < -0.39 is 0 Å². The predicted octanol–water partition coefficient (Wildman–Crippen LogP) is 18.7. The first-order chi connectivity index (χ1) is 35.4. The van der Waals surface area contributed by atoms with E-state index in [1.54, 1.807) is 5.56 Å². The van der Waals surface area contributed by atoms with Crippen molar-refractivity contribution < 1.29 is 0 Å². The van der Waals surface area contributed by atoms with Crippen LogP contribution < -0.4 is 25.5 Å². The molecule has 392 valence electrons. The molecular weight excluding hydrogens is 936 g/mol. The summed E-state index contributed by atoms with van der Waals surface area (Å²) in [5.41, 5.74) is 28.8. The highest BCUT2D eigenvalue weighted by atomic mass is 32.1. The van der Waals surface area contributed by atoms with Crippen molar-refractivity contribution in [1.82, 2.24) is 0 Å². The molecule has 1 aromatic heterocycles. The Hall–Kier alpha value is -5.06. The standard InChI is InChI=1S/C72H85BN2S/c1-42-19-21-44(22-20-42)46-36-50-53(70(13,14)30-27-67(50,7)8)39-57(46)75-58-40-54-52(69(11,12)29-31-71(54,15)16)38-56(58)73-62-59(33-43(2)34-60(62)75)74(45-23-24-48-49(35-45)66(5,6)26-25-65(48,3)4)63-47-37-51-55(41-61(47)76-64(63)73)72(17,18)32-28-68(51,9)10/h19-24,33-41H,25-32H2,1-18H3. The van der Waals surface area contributed by atoms with Crippen molar-refractivity contribution in [2.45, 2.75) is 219 Å². The van der Waals surface area contributed by atoms with Gasteiger partial charge in [0.25, 0.3) is 6.71 Å². The molecule has 0 saturated carbocycles. The fraction of sp³-hybridized carbons (Fsp3) is 0.472. The van der Waals surface area contributed by atoms with Crippen LogP contribution in [0.4, 0.5) is 34.1 Å². The first kappa shape index (κ1) is 50.4. The lowest BCUT2D eigenvalue weighted by atomic mass is 9.35. The molecule has 6 aromatic carbocycles. The summed E-state index contributed by atoms with van der Waals surface area (Å²) in [6, 6.07) is 38.5. The summed E-state index contributed by atoms with van der Waals surface area (Å²) in [5.74, 6) is 0. The van der Waals surface area contributed by atoms with E-state index in [0.717, 1.165) is 0 Å². The van der Waals surface area contributed by atoms with E-state index in [-0.39, 0.29) is 50.0 Å². The summed E-state index contributed by atoms with van der Waals surface area (Å²) < 4.78 is 2.92. The molecule has 0 amide bonds. The smallest absolute Gasteiger partial charge is 0.264 e. The van der Waals surface area contributed by atoms with E-state index in [9.17, 15) is 0 Å². The van der Waals surface area contributed by atoms with Crippen molar-refractivity contribution in [2.24, 2.45) is 0 Å². The Balaban J connectivity index is 1.19. The number of nitrogens with zero attached hydrogens (tertiary/aromatic N) is 2. The molecule has 4 heteroatoms. The fourth-order valence-electron chi connectivity index (χ4n) is 15.7. The highest BCUT2D eigenvalue weighted by molar-refractivity contribution is 7.33. The number of benzene rings is 6. The first-order valence-electron chi connectivity index (χ1n) is 29.4. The average molecular weight is 1020 g/mol. The number of anilines is 6. The van der Waals surface area contributed by atoms with Crippen LogP contribution in [0.3, 0.4) is 0 Å². The van der Waals surface area contributed by atoms with Gasteiger partial charge in [-0.1, -0.05) is 153 Å². The molecule has 0 saturated heterocycles. The Kier molecular flexibility index (Phi) is 10.5. The lowest BCUT2D eigenvalue weighted by Gasteiger charge is -2.48. The van der Waals surface area contributed by atoms with Gasteiger partial charge >= 0.3 is 0 Å². The van der Waals surface area contributed by atoms with Crippen LogP contribution in [-0.2, 0) is 43.3 Å². The summed E-state index contributed by atoms with van der Waals surface area (Å²) in [4.78, 5) is 5.59. The minimum absolute atomic E-state index is 0.0281. The minimum Gasteiger partial charge on any atom is -0.311 e. The summed E-state index contributed by atoms with van der Waals surface area (Å²) in [6.45, 7) is 44.7. The van der Waals surface area contributed by atoms with E-state index in [1.807, 2.05) is 0 Å². The van der Waals surface area contributed by atoms with Crippen LogP contribution in [0.5, 0.6) is 0 Å². The number of rotatable bonds is 3. The van der Waals surface area contributed by atoms with Crippen LogP contribution in [0.1, 0.15) is 218 Å². The normalized spacial score (nSPS) is 21.9. The Morgan fingerprint density at radius 3 is 1.36 bits per heavy atom. The third-order valence-electron chi connectivity index (χ3n) is 21.4. The molecular formula is C72H85BN2S. The van der Waals surface area contributed by atoms with Gasteiger partial charge in [-0.3, -0.25) is 0 Å². The Labute approximate surface area is 462 Å². The fourth-order valence-corrected chi connectivity index (χ4v) is 17.1. The van der Waals surface area contributed by atoms with E-state index in [1.165, 1.54) is 172 Å². The number of thiophene rings is 1. The molecule has 4 aliphatic carbocycles. The average Bonchev–Trinajstić information content (AvgIpc) is 3.74. The van der Waals surface area contributed by atoms with Crippen molar-refractivity contribution in [2.75, 3.05) is 9.80 Å². The van der Waals surface area contributed by atoms with Gasteiger partial charge in [0, 0.05) is 43.2 Å². The monoisotopic (exact) mass is 1020 g/mol. The highest BCUT2D eigenvalue weighted by Crippen LogP contribution is 2.58. The third-order valence-corrected chi connectivity index (χ3v) is 22.6. The molecule has 0 atom stereocenters. The highest BCUT2D eigenvalue weighted by Gasteiger charge is 2.50. The SMILES string of the molecule is Cc1ccc(-c2cc3c(cc2N2c4cc5c(cc4B4c6sc7cc8c(cc7c6N(c6ccc7c(c6)C(C)(C)CCC7(C)C)c6cc(C)cc2c64)C(C)(C)CCC8(C)C)C(C)(C)CCC5(C)C)C(C)(C)CCC3(C)C)cc1. The van der Waals surface area contributed by atoms with E-state index in [4.69, 9.17) is 0 Å². The van der Waals surface area contributed by atoms with Crippen LogP contribution in [0.25, 0.3) is 21.2 Å². The van der Waals surface area contributed by atoms with E-state index >= 15 is 0 Å². The van der Waals surface area contributed by atoms with Gasteiger partial charge in [-0.15, -0.1) is 11.3 Å². The van der Waals surface area contributed by atoms with Gasteiger partial charge in [0.15, 0.2) is 0 Å². The minimum atomic E-state index is 0.0281. The zero-order valence-electron chi connectivity index (χ0n) is 49.7. The second-order valence-electron chi connectivity index (χ2n) is 30.6. The molecule has 0 fully saturated rings. The Bertz CT molecular complexity index is 3640. The molecule has 2 aliphatic heterocycles. The maximum absolute atomic E-state index is 2.81. The van der Waals surface area contributed by atoms with Crippen molar-refractivity contribution >= 4 is 78.0 Å². The number of hydrogen-bond acceptors (Lipinski definition) is 3. The predicted molar refractivity (Wildman–Crippen MR) is 332 cm³/mol. The molecule has 13 rings (SSSR count). The summed E-state index contributed by atoms with van der Waals surface area (Å²) >= 11 is 2.10. The first-order valence-corrected chi connectivity index (χ1v) is 30.2. The molecule has 0 N–H and O–H groups in total. The summed E-state index contributed by atoms with van der Waals surface area (Å²) in [5, 5.41) is 1.42. The van der Waals surface area contributed by atoms with Gasteiger partial charge < -0.3 is 9.80 Å². The van der Waals surface area contributed by atoms with Gasteiger partial charge in [0.05, 0.1) is 11.4 Å². The zero-order chi connectivity index (χ0) is 54.0. The van der Waals surface area contributed by atoms with E-state index in [0.29, 0.717) is 0 Å². The Morgan fingerprint density at radius 2 is 0.816 bits per heavy atom. The van der Waals surface area contributed by atoms with Gasteiger partial charge in [-0.05, 0) is 230 Å². The third kappa shape index (κ3) is 7.22. The van der Waals surface area contributed by atoms with Crippen LogP contribution in [0.2, 0.25) is 0 Å². The molecule has 76 heavy (non-hydrogen) atoms. The topological polar surface area (TPSA) is 6.48 Å². The van der Waals surface area contributed by atoms with Gasteiger partial charge in [0.2, 0.25) is 0 Å². The van der Waals surface area contributed by atoms with Crippen LogP contribution in [0.15, 0.2) is 91.0 Å². The maximum Gasteiger partial charge on any atom is 0.264 e. The zero-order valence-corrected chi connectivity index (χ0v) is 50.5. The van der Waals surface area contributed by atoms with Crippen LogP contribution >= 0.6 is 11.3 Å². The van der Waals surface area contributed by atoms with Gasteiger partial charge in [-0.2, -0.15) is 0 Å². The molecule has 3 heterocycles. The molecule has 6 aliphatic rings. The Morgan fingerprint density at radius 1 is 0.382 bits per heavy atom. The second-order valence-corrected chi connectivity index (χ2v) is 31.7. The molecule has 0 radical (unpaired) electrons.